The van der Waals surface area contributed by atoms with Crippen LogP contribution in [0.2, 0.25) is 5.28 Å². The molecule has 23 heavy (non-hydrogen) atoms. The number of hydrogen-bond acceptors (Lipinski definition) is 4. The largest absolute Gasteiger partial charge is 0.481 e. The highest BCUT2D eigenvalue weighted by molar-refractivity contribution is 6.28. The molecular weight excluding hydrogens is 316 g/mol. The molecule has 3 aliphatic carbocycles. The first-order chi connectivity index (χ1) is 11.0. The van der Waals surface area contributed by atoms with E-state index in [-0.39, 0.29) is 23.2 Å². The van der Waals surface area contributed by atoms with E-state index >= 15 is 0 Å². The molecule has 7 heteroatoms. The monoisotopic (exact) mass is 334 g/mol. The Balaban J connectivity index is 1.74. The molecule has 0 amide bonds. The fourth-order valence-electron chi connectivity index (χ4n) is 4.44. The van der Waals surface area contributed by atoms with Crippen molar-refractivity contribution in [1.82, 2.24) is 14.5 Å². The molecular formula is C16H19ClN4O2. The summed E-state index contributed by atoms with van der Waals surface area (Å²) in [7, 11) is 1.92. The van der Waals surface area contributed by atoms with Crippen molar-refractivity contribution in [2.75, 3.05) is 5.32 Å². The summed E-state index contributed by atoms with van der Waals surface area (Å²) in [6, 6.07) is 1.79. The zero-order chi connectivity index (χ0) is 16.1. The number of carboxylic acids is 1. The molecule has 122 valence electrons. The second-order valence-corrected chi connectivity index (χ2v) is 7.05. The fraction of sp³-hybridized carbons (Fsp3) is 0.562. The lowest BCUT2D eigenvalue weighted by molar-refractivity contribution is -0.148. The first kappa shape index (κ1) is 14.8. The highest BCUT2D eigenvalue weighted by Crippen LogP contribution is 2.46. The SMILES string of the molecule is Cn1ccc2nc(Cl)nc(NC3C4CCC(CC4)C3C(=O)O)c21. The summed E-state index contributed by atoms with van der Waals surface area (Å²) >= 11 is 6.04. The third-order valence-electron chi connectivity index (χ3n) is 5.50. The van der Waals surface area contributed by atoms with Gasteiger partial charge in [0.15, 0.2) is 5.82 Å². The minimum absolute atomic E-state index is 0.0935. The molecule has 0 radical (unpaired) electrons. The molecule has 2 aromatic heterocycles. The zero-order valence-corrected chi connectivity index (χ0v) is 13.6. The third-order valence-corrected chi connectivity index (χ3v) is 5.67. The van der Waals surface area contributed by atoms with Crippen LogP contribution in [0, 0.1) is 17.8 Å². The van der Waals surface area contributed by atoms with Crippen molar-refractivity contribution < 1.29 is 9.90 Å². The smallest absolute Gasteiger partial charge is 0.308 e. The molecule has 0 aromatic carbocycles. The summed E-state index contributed by atoms with van der Waals surface area (Å²) in [4.78, 5) is 20.4. The van der Waals surface area contributed by atoms with Crippen molar-refractivity contribution in [3.63, 3.8) is 0 Å². The van der Waals surface area contributed by atoms with Gasteiger partial charge in [-0.05, 0) is 55.2 Å². The van der Waals surface area contributed by atoms with Crippen molar-refractivity contribution in [2.45, 2.75) is 31.7 Å². The number of rotatable bonds is 3. The Hall–Kier alpha value is -1.82. The van der Waals surface area contributed by atoms with Crippen molar-refractivity contribution in [3.05, 3.63) is 17.5 Å². The van der Waals surface area contributed by atoms with Gasteiger partial charge in [-0.1, -0.05) is 0 Å². The number of aromatic nitrogens is 3. The van der Waals surface area contributed by atoms with Crippen molar-refractivity contribution >= 4 is 34.4 Å². The van der Waals surface area contributed by atoms with Gasteiger partial charge in [-0.15, -0.1) is 0 Å². The second-order valence-electron chi connectivity index (χ2n) is 6.71. The molecule has 2 atom stereocenters. The molecule has 2 N–H and O–H groups in total. The fourth-order valence-corrected chi connectivity index (χ4v) is 4.61. The molecule has 3 fully saturated rings. The minimum Gasteiger partial charge on any atom is -0.481 e. The van der Waals surface area contributed by atoms with Crippen LogP contribution in [0.25, 0.3) is 11.0 Å². The van der Waals surface area contributed by atoms with E-state index in [9.17, 15) is 9.90 Å². The average Bonchev–Trinajstić information content (AvgIpc) is 2.89. The van der Waals surface area contributed by atoms with E-state index in [1.54, 1.807) is 0 Å². The standard InChI is InChI=1S/C16H19ClN4O2/c1-21-7-6-10-13(21)14(20-16(17)18-10)19-12-9-4-2-8(3-5-9)11(12)15(22)23/h6-9,11-12H,2-5H2,1H3,(H,22,23)(H,18,19,20). The number of aliphatic carboxylic acids is 1. The highest BCUT2D eigenvalue weighted by Gasteiger charge is 2.47. The molecule has 0 spiro atoms. The van der Waals surface area contributed by atoms with E-state index in [2.05, 4.69) is 15.3 Å². The molecule has 0 aliphatic heterocycles. The van der Waals surface area contributed by atoms with Gasteiger partial charge in [0, 0.05) is 19.3 Å². The molecule has 3 saturated carbocycles. The number of fused-ring (bicyclic) bond motifs is 4. The number of aryl methyl sites for hydroxylation is 1. The first-order valence-corrected chi connectivity index (χ1v) is 8.40. The van der Waals surface area contributed by atoms with Gasteiger partial charge in [0.1, 0.15) is 5.52 Å². The maximum Gasteiger partial charge on any atom is 0.308 e. The van der Waals surface area contributed by atoms with Crippen LogP contribution >= 0.6 is 11.6 Å². The van der Waals surface area contributed by atoms with Crippen molar-refractivity contribution in [3.8, 4) is 0 Å². The summed E-state index contributed by atoms with van der Waals surface area (Å²) in [5.41, 5.74) is 1.63. The van der Waals surface area contributed by atoms with Gasteiger partial charge in [-0.2, -0.15) is 4.98 Å². The lowest BCUT2D eigenvalue weighted by atomic mass is 9.61. The summed E-state index contributed by atoms with van der Waals surface area (Å²) < 4.78 is 1.94. The van der Waals surface area contributed by atoms with Crippen LogP contribution in [0.5, 0.6) is 0 Å². The van der Waals surface area contributed by atoms with Crippen LogP contribution in [-0.2, 0) is 11.8 Å². The maximum absolute atomic E-state index is 11.8. The van der Waals surface area contributed by atoms with E-state index in [0.717, 1.165) is 36.7 Å². The van der Waals surface area contributed by atoms with Gasteiger partial charge in [0.05, 0.1) is 11.4 Å². The summed E-state index contributed by atoms with van der Waals surface area (Å²) in [6.45, 7) is 0. The van der Waals surface area contributed by atoms with E-state index in [1.165, 1.54) is 0 Å². The topological polar surface area (TPSA) is 80.0 Å². The Bertz CT molecular complexity index is 767. The van der Waals surface area contributed by atoms with Crippen LogP contribution < -0.4 is 5.32 Å². The molecule has 2 bridgehead atoms. The highest BCUT2D eigenvalue weighted by atomic mass is 35.5. The number of carbonyl (C=O) groups is 1. The molecule has 2 unspecified atom stereocenters. The Morgan fingerprint density at radius 1 is 1.30 bits per heavy atom. The lowest BCUT2D eigenvalue weighted by Crippen LogP contribution is -2.51. The van der Waals surface area contributed by atoms with Gasteiger partial charge >= 0.3 is 5.97 Å². The quantitative estimate of drug-likeness (QED) is 0.844. The van der Waals surface area contributed by atoms with Gasteiger partial charge in [-0.3, -0.25) is 4.79 Å². The Morgan fingerprint density at radius 2 is 2.00 bits per heavy atom. The Morgan fingerprint density at radius 3 is 2.70 bits per heavy atom. The first-order valence-electron chi connectivity index (χ1n) is 8.02. The summed E-state index contributed by atoms with van der Waals surface area (Å²) in [6.07, 6.45) is 6.11. The number of hydrogen-bond donors (Lipinski definition) is 2. The van der Waals surface area contributed by atoms with Crippen LogP contribution in [0.1, 0.15) is 25.7 Å². The minimum atomic E-state index is -0.708. The van der Waals surface area contributed by atoms with Crippen LogP contribution in [0.3, 0.4) is 0 Å². The summed E-state index contributed by atoms with van der Waals surface area (Å²) in [5, 5.41) is 13.3. The second kappa shape index (κ2) is 5.37. The van der Waals surface area contributed by atoms with Crippen LogP contribution in [-0.4, -0.2) is 31.7 Å². The number of anilines is 1. The van der Waals surface area contributed by atoms with Crippen molar-refractivity contribution in [2.24, 2.45) is 24.8 Å². The molecule has 2 aromatic rings. The predicted octanol–water partition coefficient (Wildman–Crippen LogP) is 2.92. The van der Waals surface area contributed by atoms with Gasteiger partial charge in [0.25, 0.3) is 0 Å². The van der Waals surface area contributed by atoms with E-state index in [4.69, 9.17) is 11.6 Å². The van der Waals surface area contributed by atoms with E-state index in [0.29, 0.717) is 11.7 Å². The number of carboxylic acid groups (broad SMARTS) is 1. The molecule has 2 heterocycles. The zero-order valence-electron chi connectivity index (χ0n) is 12.9. The maximum atomic E-state index is 11.8. The normalized spacial score (nSPS) is 29.8. The van der Waals surface area contributed by atoms with Crippen molar-refractivity contribution in [1.29, 1.82) is 0 Å². The molecule has 3 aliphatic rings. The van der Waals surface area contributed by atoms with Gasteiger partial charge < -0.3 is 15.0 Å². The van der Waals surface area contributed by atoms with Gasteiger partial charge in [0.2, 0.25) is 5.28 Å². The van der Waals surface area contributed by atoms with E-state index in [1.807, 2.05) is 23.9 Å². The van der Waals surface area contributed by atoms with Gasteiger partial charge in [-0.25, -0.2) is 4.98 Å². The molecule has 5 rings (SSSR count). The number of halogens is 1. The predicted molar refractivity (Wildman–Crippen MR) is 87.5 cm³/mol. The Labute approximate surface area is 138 Å². The molecule has 6 nitrogen and oxygen atoms in total. The third kappa shape index (κ3) is 2.36. The van der Waals surface area contributed by atoms with E-state index < -0.39 is 5.97 Å². The van der Waals surface area contributed by atoms with Crippen LogP contribution in [0.4, 0.5) is 5.82 Å². The Kier molecular flexibility index (Phi) is 3.44. The number of nitrogens with zero attached hydrogens (tertiary/aromatic N) is 3. The lowest BCUT2D eigenvalue weighted by Gasteiger charge is -2.47. The summed E-state index contributed by atoms with van der Waals surface area (Å²) in [5.74, 6) is 0.212. The van der Waals surface area contributed by atoms with Crippen LogP contribution in [0.15, 0.2) is 12.3 Å². The molecule has 0 saturated heterocycles. The average molecular weight is 335 g/mol. The number of nitrogens with one attached hydrogen (secondary N) is 1.